The van der Waals surface area contributed by atoms with Gasteiger partial charge in [-0.1, -0.05) is 36.4 Å². The maximum absolute atomic E-state index is 6.50. The van der Waals surface area contributed by atoms with E-state index in [4.69, 9.17) is 9.47 Å². The van der Waals surface area contributed by atoms with Crippen molar-refractivity contribution < 1.29 is 9.47 Å². The topological polar surface area (TPSA) is 24.9 Å². The molecule has 0 N–H and O–H groups in total. The first-order valence-corrected chi connectivity index (χ1v) is 13.6. The lowest BCUT2D eigenvalue weighted by molar-refractivity contribution is 0.486. The first-order chi connectivity index (χ1) is 19.4. The first kappa shape index (κ1) is 23.0. The van der Waals surface area contributed by atoms with Crippen LogP contribution in [0, 0.1) is 0 Å². The van der Waals surface area contributed by atoms with E-state index in [0.717, 1.165) is 45.3 Å². The number of anilines is 2. The van der Waals surface area contributed by atoms with Crippen molar-refractivity contribution in [1.29, 1.82) is 0 Å². The molecule has 8 rings (SSSR count). The molecule has 6 aromatic rings. The summed E-state index contributed by atoms with van der Waals surface area (Å²) in [5.41, 5.74) is 9.18. The Bertz CT molecular complexity index is 1880. The fraction of sp³-hybridized carbons (Fsp3) is 0.111. The van der Waals surface area contributed by atoms with Crippen LogP contribution in [-0.2, 0) is 0 Å². The smallest absolute Gasteiger partial charge is 0.135 e. The molecule has 0 aromatic heterocycles. The molecule has 0 unspecified atom stereocenters. The molecule has 4 heteroatoms. The number of fused-ring (bicyclic) bond motifs is 4. The number of hydrogen-bond acceptors (Lipinski definition) is 4. The highest BCUT2D eigenvalue weighted by molar-refractivity contribution is 6.07. The van der Waals surface area contributed by atoms with E-state index < -0.39 is 0 Å². The summed E-state index contributed by atoms with van der Waals surface area (Å²) in [6.45, 7) is 0. The molecule has 2 heterocycles. The van der Waals surface area contributed by atoms with Crippen LogP contribution in [0.15, 0.2) is 97.1 Å². The SMILES string of the molecule is CN(C)c1cc2c3c(cccc3c1)Oc1cc(-c3ccc4c(c3)Oc3cccc5cc(N(C)C)cc-4c35)ccc1-2. The molecule has 2 aliphatic heterocycles. The first-order valence-electron chi connectivity index (χ1n) is 13.6. The van der Waals surface area contributed by atoms with Gasteiger partial charge in [0.05, 0.1) is 0 Å². The fourth-order valence-electron chi connectivity index (χ4n) is 6.12. The van der Waals surface area contributed by atoms with E-state index in [2.05, 4.69) is 135 Å². The summed E-state index contributed by atoms with van der Waals surface area (Å²) >= 11 is 0. The standard InChI is InChI=1S/C36H28N2O2/c1-37(2)25-15-23-7-5-9-31-35(23)29(19-25)27-13-11-21(17-33(27)39-31)22-12-14-28-30-20-26(38(3)4)16-24-8-6-10-32(36(24)30)40-34(28)18-22/h5-20H,1-4H3. The summed E-state index contributed by atoms with van der Waals surface area (Å²) in [5, 5.41) is 4.71. The van der Waals surface area contributed by atoms with Gasteiger partial charge in [-0.05, 0) is 93.7 Å². The summed E-state index contributed by atoms with van der Waals surface area (Å²) in [4.78, 5) is 4.30. The number of benzene rings is 6. The maximum Gasteiger partial charge on any atom is 0.135 e. The molecule has 0 saturated carbocycles. The van der Waals surface area contributed by atoms with E-state index in [1.165, 1.54) is 44.0 Å². The van der Waals surface area contributed by atoms with E-state index in [1.807, 2.05) is 0 Å². The lowest BCUT2D eigenvalue weighted by Crippen LogP contribution is -2.09. The van der Waals surface area contributed by atoms with E-state index >= 15 is 0 Å². The van der Waals surface area contributed by atoms with Gasteiger partial charge in [0.2, 0.25) is 0 Å². The Morgan fingerprint density at radius 3 is 1.30 bits per heavy atom. The van der Waals surface area contributed by atoms with Crippen molar-refractivity contribution in [3.63, 3.8) is 0 Å². The van der Waals surface area contributed by atoms with Crippen molar-refractivity contribution in [2.24, 2.45) is 0 Å². The van der Waals surface area contributed by atoms with E-state index in [-0.39, 0.29) is 0 Å². The highest BCUT2D eigenvalue weighted by atomic mass is 16.5. The molecule has 0 radical (unpaired) electrons. The van der Waals surface area contributed by atoms with Gasteiger partial charge in [-0.25, -0.2) is 0 Å². The number of hydrogen-bond donors (Lipinski definition) is 0. The van der Waals surface area contributed by atoms with Crippen LogP contribution in [0.4, 0.5) is 11.4 Å². The predicted octanol–water partition coefficient (Wildman–Crippen LogP) is 9.34. The molecule has 2 aliphatic rings. The Morgan fingerprint density at radius 1 is 0.425 bits per heavy atom. The number of ether oxygens (including phenoxy) is 2. The quantitative estimate of drug-likeness (QED) is 0.232. The lowest BCUT2D eigenvalue weighted by Gasteiger charge is -2.25. The monoisotopic (exact) mass is 520 g/mol. The summed E-state index contributed by atoms with van der Waals surface area (Å²) in [6, 6.07) is 34.6. The van der Waals surface area contributed by atoms with Crippen LogP contribution in [0.25, 0.3) is 54.9 Å². The van der Waals surface area contributed by atoms with Crippen LogP contribution in [0.5, 0.6) is 23.0 Å². The fourth-order valence-corrected chi connectivity index (χ4v) is 6.12. The van der Waals surface area contributed by atoms with Gasteiger partial charge in [0.1, 0.15) is 23.0 Å². The predicted molar refractivity (Wildman–Crippen MR) is 167 cm³/mol. The normalized spacial score (nSPS) is 12.4. The average molecular weight is 521 g/mol. The van der Waals surface area contributed by atoms with E-state index in [9.17, 15) is 0 Å². The lowest BCUT2D eigenvalue weighted by atomic mass is 9.90. The van der Waals surface area contributed by atoms with Crippen LogP contribution in [0.3, 0.4) is 0 Å². The van der Waals surface area contributed by atoms with Crippen molar-refractivity contribution in [1.82, 2.24) is 0 Å². The second kappa shape index (κ2) is 8.27. The zero-order valence-corrected chi connectivity index (χ0v) is 22.9. The Labute approximate surface area is 233 Å². The molecule has 4 nitrogen and oxygen atoms in total. The Kier molecular flexibility index (Phi) is 4.75. The summed E-state index contributed by atoms with van der Waals surface area (Å²) in [5.74, 6) is 3.55. The molecule has 6 aromatic carbocycles. The summed E-state index contributed by atoms with van der Waals surface area (Å²) < 4.78 is 13.0. The largest absolute Gasteiger partial charge is 0.456 e. The minimum Gasteiger partial charge on any atom is -0.456 e. The molecular weight excluding hydrogens is 492 g/mol. The summed E-state index contributed by atoms with van der Waals surface area (Å²) in [7, 11) is 8.33. The Balaban J connectivity index is 1.25. The van der Waals surface area contributed by atoms with E-state index in [0.29, 0.717) is 0 Å². The third kappa shape index (κ3) is 3.32. The number of nitrogens with zero attached hydrogens (tertiary/aromatic N) is 2. The highest BCUT2D eigenvalue weighted by Gasteiger charge is 2.24. The second-order valence-electron chi connectivity index (χ2n) is 11.1. The molecule has 0 atom stereocenters. The van der Waals surface area contributed by atoms with Crippen LogP contribution >= 0.6 is 0 Å². The number of rotatable bonds is 3. The molecular formula is C36H28N2O2. The van der Waals surface area contributed by atoms with Gasteiger partial charge in [0.15, 0.2) is 0 Å². The molecule has 0 fully saturated rings. The molecule has 194 valence electrons. The van der Waals surface area contributed by atoms with Gasteiger partial charge in [-0.2, -0.15) is 0 Å². The van der Waals surface area contributed by atoms with Gasteiger partial charge < -0.3 is 19.3 Å². The van der Waals surface area contributed by atoms with Crippen molar-refractivity contribution in [2.45, 2.75) is 0 Å². The van der Waals surface area contributed by atoms with Crippen LogP contribution in [-0.4, -0.2) is 28.2 Å². The summed E-state index contributed by atoms with van der Waals surface area (Å²) in [6.07, 6.45) is 0. The van der Waals surface area contributed by atoms with Crippen LogP contribution in [0.2, 0.25) is 0 Å². The van der Waals surface area contributed by atoms with Crippen molar-refractivity contribution in [2.75, 3.05) is 38.0 Å². The molecule has 0 aliphatic carbocycles. The highest BCUT2D eigenvalue weighted by Crippen LogP contribution is 2.51. The van der Waals surface area contributed by atoms with Crippen molar-refractivity contribution in [3.8, 4) is 56.4 Å². The van der Waals surface area contributed by atoms with Crippen molar-refractivity contribution in [3.05, 3.63) is 97.1 Å². The van der Waals surface area contributed by atoms with Gasteiger partial charge in [-0.3, -0.25) is 0 Å². The van der Waals surface area contributed by atoms with E-state index in [1.54, 1.807) is 0 Å². The molecule has 0 saturated heterocycles. The minimum absolute atomic E-state index is 0.873. The Morgan fingerprint density at radius 2 is 0.875 bits per heavy atom. The average Bonchev–Trinajstić information content (AvgIpc) is 2.96. The second-order valence-corrected chi connectivity index (χ2v) is 11.1. The minimum atomic E-state index is 0.873. The molecule has 0 spiro atoms. The van der Waals surface area contributed by atoms with Crippen molar-refractivity contribution >= 4 is 32.9 Å². The molecule has 0 bridgehead atoms. The molecule has 0 amide bonds. The maximum atomic E-state index is 6.50. The van der Waals surface area contributed by atoms with Gasteiger partial charge in [0, 0.05) is 61.5 Å². The van der Waals surface area contributed by atoms with Gasteiger partial charge in [0.25, 0.3) is 0 Å². The third-order valence-corrected chi connectivity index (χ3v) is 8.20. The van der Waals surface area contributed by atoms with Gasteiger partial charge >= 0.3 is 0 Å². The third-order valence-electron chi connectivity index (χ3n) is 8.20. The Hall–Kier alpha value is -4.96. The molecule has 40 heavy (non-hydrogen) atoms. The zero-order valence-electron chi connectivity index (χ0n) is 22.9. The van der Waals surface area contributed by atoms with Gasteiger partial charge in [-0.15, -0.1) is 0 Å². The van der Waals surface area contributed by atoms with Crippen LogP contribution in [0.1, 0.15) is 0 Å². The van der Waals surface area contributed by atoms with Crippen LogP contribution < -0.4 is 19.3 Å². The zero-order chi connectivity index (χ0) is 27.1.